The van der Waals surface area contributed by atoms with E-state index in [4.69, 9.17) is 10.5 Å². The molecule has 2 aliphatic rings. The van der Waals surface area contributed by atoms with Gasteiger partial charge in [-0.2, -0.15) is 0 Å². The summed E-state index contributed by atoms with van der Waals surface area (Å²) in [4.78, 5) is 35.9. The van der Waals surface area contributed by atoms with Gasteiger partial charge >= 0.3 is 12.1 Å². The van der Waals surface area contributed by atoms with Gasteiger partial charge in [-0.25, -0.2) is 22.7 Å². The van der Waals surface area contributed by atoms with E-state index in [-0.39, 0.29) is 16.9 Å². The van der Waals surface area contributed by atoms with Crippen LogP contribution in [0.2, 0.25) is 0 Å². The summed E-state index contributed by atoms with van der Waals surface area (Å²) in [5, 5.41) is 15.0. The van der Waals surface area contributed by atoms with E-state index in [0.717, 1.165) is 51.4 Å². The standard InChI is InChI=1S/C27H40N4O7S/c1-2-19-18-27(19,28)25(34)31-39(36,37)23-16-10-9-14-21(23)29-17-11-5-3-4-6-15-22(24(32)33)30-26(35)38-20-12-7-8-13-20/h2,9-10,14,16,19-20,22,29H,1,3-8,11-13,15,17-18,28H2,(H,30,35)(H,31,34)(H,32,33)/t19-,22+,27-/m1/s1. The molecule has 2 saturated carbocycles. The largest absolute Gasteiger partial charge is 0.480 e. The number of carboxylic acids is 1. The molecule has 1 aromatic carbocycles. The predicted molar refractivity (Wildman–Crippen MR) is 146 cm³/mol. The maximum Gasteiger partial charge on any atom is 0.408 e. The molecule has 0 heterocycles. The van der Waals surface area contributed by atoms with Crippen LogP contribution in [0.25, 0.3) is 0 Å². The van der Waals surface area contributed by atoms with E-state index in [1.807, 2.05) is 0 Å². The topological polar surface area (TPSA) is 177 Å². The highest BCUT2D eigenvalue weighted by Crippen LogP contribution is 2.42. The van der Waals surface area contributed by atoms with E-state index in [1.165, 1.54) is 6.07 Å². The van der Waals surface area contributed by atoms with Gasteiger partial charge in [0.05, 0.1) is 5.69 Å². The lowest BCUT2D eigenvalue weighted by molar-refractivity contribution is -0.139. The van der Waals surface area contributed by atoms with Gasteiger partial charge in [-0.3, -0.25) is 4.79 Å². The number of benzene rings is 1. The van der Waals surface area contributed by atoms with Gasteiger partial charge in [0.1, 0.15) is 22.6 Å². The van der Waals surface area contributed by atoms with Gasteiger partial charge in [0.2, 0.25) is 0 Å². The SMILES string of the molecule is C=C[C@@H]1C[C@]1(N)C(=O)NS(=O)(=O)c1ccccc1NCCCCCCC[C@H](NC(=O)OC1CCCC1)C(=O)O. The highest BCUT2D eigenvalue weighted by atomic mass is 32.2. The summed E-state index contributed by atoms with van der Waals surface area (Å²) in [5.74, 6) is -2.06. The fourth-order valence-electron chi connectivity index (χ4n) is 4.80. The summed E-state index contributed by atoms with van der Waals surface area (Å²) >= 11 is 0. The Balaban J connectivity index is 1.35. The van der Waals surface area contributed by atoms with Crippen molar-refractivity contribution in [2.24, 2.45) is 11.7 Å². The van der Waals surface area contributed by atoms with Crippen LogP contribution in [0.3, 0.4) is 0 Å². The number of carbonyl (C=O) groups is 3. The average Bonchev–Trinajstić information content (AvgIpc) is 3.31. The molecule has 2 fully saturated rings. The van der Waals surface area contributed by atoms with Gasteiger partial charge in [-0.05, 0) is 57.1 Å². The number of ether oxygens (including phenoxy) is 1. The second kappa shape index (κ2) is 13.8. The van der Waals surface area contributed by atoms with E-state index in [9.17, 15) is 27.9 Å². The van der Waals surface area contributed by atoms with Crippen molar-refractivity contribution < 1.29 is 32.6 Å². The molecule has 11 nitrogen and oxygen atoms in total. The lowest BCUT2D eigenvalue weighted by Gasteiger charge is -2.17. The van der Waals surface area contributed by atoms with Crippen LogP contribution in [0.15, 0.2) is 41.8 Å². The molecule has 216 valence electrons. The summed E-state index contributed by atoms with van der Waals surface area (Å²) < 4.78 is 33.1. The van der Waals surface area contributed by atoms with Crippen LogP contribution >= 0.6 is 0 Å². The minimum absolute atomic E-state index is 0.0311. The molecule has 3 rings (SSSR count). The first kappa shape index (κ1) is 30.4. The number of carbonyl (C=O) groups excluding carboxylic acids is 2. The number of alkyl carbamates (subject to hydrolysis) is 1. The molecule has 0 bridgehead atoms. The maximum absolute atomic E-state index is 12.9. The van der Waals surface area contributed by atoms with Crippen molar-refractivity contribution in [1.29, 1.82) is 0 Å². The number of amides is 2. The second-order valence-corrected chi connectivity index (χ2v) is 12.0. The zero-order valence-electron chi connectivity index (χ0n) is 22.2. The Morgan fingerprint density at radius 2 is 1.79 bits per heavy atom. The van der Waals surface area contributed by atoms with Gasteiger partial charge in [-0.1, -0.05) is 43.9 Å². The summed E-state index contributed by atoms with van der Waals surface area (Å²) in [6, 6.07) is 5.38. The smallest absolute Gasteiger partial charge is 0.408 e. The lowest BCUT2D eigenvalue weighted by atomic mass is 10.1. The molecule has 0 saturated heterocycles. The van der Waals surface area contributed by atoms with Gasteiger partial charge in [0.15, 0.2) is 0 Å². The number of para-hydroxylation sites is 1. The number of rotatable bonds is 16. The molecule has 0 unspecified atom stereocenters. The number of nitrogens with one attached hydrogen (secondary N) is 3. The van der Waals surface area contributed by atoms with Crippen LogP contribution < -0.4 is 21.1 Å². The fourth-order valence-corrected chi connectivity index (χ4v) is 6.03. The van der Waals surface area contributed by atoms with E-state index >= 15 is 0 Å². The van der Waals surface area contributed by atoms with Crippen molar-refractivity contribution >= 4 is 33.7 Å². The Morgan fingerprint density at radius 3 is 2.46 bits per heavy atom. The predicted octanol–water partition coefficient (Wildman–Crippen LogP) is 3.27. The molecular weight excluding hydrogens is 524 g/mol. The highest BCUT2D eigenvalue weighted by molar-refractivity contribution is 7.90. The number of hydrogen-bond acceptors (Lipinski definition) is 8. The molecular formula is C27H40N4O7S. The number of carboxylic acid groups (broad SMARTS) is 1. The third-order valence-electron chi connectivity index (χ3n) is 7.32. The van der Waals surface area contributed by atoms with Crippen molar-refractivity contribution in [2.45, 2.75) is 93.2 Å². The zero-order chi connectivity index (χ0) is 28.5. The van der Waals surface area contributed by atoms with Crippen molar-refractivity contribution in [1.82, 2.24) is 10.0 Å². The Bertz CT molecular complexity index is 1140. The first-order valence-electron chi connectivity index (χ1n) is 13.6. The summed E-state index contributed by atoms with van der Waals surface area (Å²) in [6.07, 6.45) is 9.05. The van der Waals surface area contributed by atoms with Crippen molar-refractivity contribution in [3.8, 4) is 0 Å². The minimum Gasteiger partial charge on any atom is -0.480 e. The lowest BCUT2D eigenvalue weighted by Crippen LogP contribution is -2.46. The summed E-state index contributed by atoms with van der Waals surface area (Å²) in [6.45, 7) is 4.13. The van der Waals surface area contributed by atoms with Gasteiger partial charge in [0, 0.05) is 12.5 Å². The van der Waals surface area contributed by atoms with Crippen LogP contribution in [-0.2, 0) is 24.3 Å². The van der Waals surface area contributed by atoms with Crippen molar-refractivity contribution in [2.75, 3.05) is 11.9 Å². The molecule has 0 aliphatic heterocycles. The first-order valence-corrected chi connectivity index (χ1v) is 15.1. The van der Waals surface area contributed by atoms with E-state index in [0.29, 0.717) is 31.5 Å². The fraction of sp³-hybridized carbons (Fsp3) is 0.593. The quantitative estimate of drug-likeness (QED) is 0.149. The molecule has 12 heteroatoms. The number of aliphatic carboxylic acids is 1. The van der Waals surface area contributed by atoms with Crippen LogP contribution in [-0.4, -0.2) is 55.7 Å². The monoisotopic (exact) mass is 564 g/mol. The van der Waals surface area contributed by atoms with Gasteiger partial charge < -0.3 is 26.2 Å². The van der Waals surface area contributed by atoms with Crippen LogP contribution in [0, 0.1) is 5.92 Å². The van der Waals surface area contributed by atoms with Gasteiger partial charge in [0.25, 0.3) is 15.9 Å². The summed E-state index contributed by atoms with van der Waals surface area (Å²) in [5.41, 5.74) is 5.13. The number of unbranched alkanes of at least 4 members (excludes halogenated alkanes) is 4. The molecule has 3 atom stereocenters. The number of anilines is 1. The molecule has 6 N–H and O–H groups in total. The minimum atomic E-state index is -4.11. The Hall–Kier alpha value is -3.12. The molecule has 0 spiro atoms. The molecule has 1 aromatic rings. The Labute approximate surface area is 230 Å². The zero-order valence-corrected chi connectivity index (χ0v) is 23.0. The molecule has 2 amide bonds. The van der Waals surface area contributed by atoms with Crippen molar-refractivity contribution in [3.05, 3.63) is 36.9 Å². The molecule has 0 radical (unpaired) electrons. The Morgan fingerprint density at radius 1 is 1.13 bits per heavy atom. The second-order valence-electron chi connectivity index (χ2n) is 10.3. The average molecular weight is 565 g/mol. The molecule has 0 aromatic heterocycles. The Kier molecular flexibility index (Phi) is 10.8. The number of sulfonamides is 1. The van der Waals surface area contributed by atoms with E-state index in [1.54, 1.807) is 24.3 Å². The van der Waals surface area contributed by atoms with Crippen LogP contribution in [0.5, 0.6) is 0 Å². The van der Waals surface area contributed by atoms with E-state index < -0.39 is 39.6 Å². The first-order chi connectivity index (χ1) is 18.6. The number of nitrogens with two attached hydrogens (primary N) is 1. The maximum atomic E-state index is 12.9. The highest BCUT2D eigenvalue weighted by Gasteiger charge is 2.56. The third kappa shape index (κ3) is 8.69. The van der Waals surface area contributed by atoms with Crippen LogP contribution in [0.1, 0.15) is 70.6 Å². The van der Waals surface area contributed by atoms with Crippen molar-refractivity contribution in [3.63, 3.8) is 0 Å². The number of hydrogen-bond donors (Lipinski definition) is 5. The van der Waals surface area contributed by atoms with E-state index in [2.05, 4.69) is 21.9 Å². The van der Waals surface area contributed by atoms with Gasteiger partial charge in [-0.15, -0.1) is 6.58 Å². The molecule has 39 heavy (non-hydrogen) atoms. The molecule has 2 aliphatic carbocycles. The normalized spacial score (nSPS) is 21.5. The summed E-state index contributed by atoms with van der Waals surface area (Å²) in [7, 11) is -4.11. The van der Waals surface area contributed by atoms with Crippen LogP contribution in [0.4, 0.5) is 10.5 Å². The third-order valence-corrected chi connectivity index (χ3v) is 8.71.